The van der Waals surface area contributed by atoms with Crippen LogP contribution >= 0.6 is 0 Å². The van der Waals surface area contributed by atoms with Crippen LogP contribution in [0.3, 0.4) is 0 Å². The largest absolute Gasteiger partial charge is 0.439 e. The van der Waals surface area contributed by atoms with Crippen molar-refractivity contribution in [1.29, 1.82) is 0 Å². The fourth-order valence-corrected chi connectivity index (χ4v) is 4.65. The van der Waals surface area contributed by atoms with E-state index < -0.39 is 0 Å². The van der Waals surface area contributed by atoms with Crippen molar-refractivity contribution in [2.75, 3.05) is 4.90 Å². The van der Waals surface area contributed by atoms with Crippen molar-refractivity contribution in [1.82, 2.24) is 0 Å². The van der Waals surface area contributed by atoms with Crippen LogP contribution in [-0.4, -0.2) is 6.04 Å². The highest BCUT2D eigenvalue weighted by Crippen LogP contribution is 2.40. The predicted octanol–water partition coefficient (Wildman–Crippen LogP) is 7.80. The van der Waals surface area contributed by atoms with Gasteiger partial charge in [0.25, 0.3) is 5.52 Å². The number of fused-ring (bicyclic) bond motifs is 2. The summed E-state index contributed by atoms with van der Waals surface area (Å²) in [5.41, 5.74) is 3.22. The van der Waals surface area contributed by atoms with E-state index in [1.165, 1.54) is 25.7 Å². The van der Waals surface area contributed by atoms with Gasteiger partial charge in [-0.05, 0) is 57.0 Å². The van der Waals surface area contributed by atoms with E-state index in [0.717, 1.165) is 47.2 Å². The minimum Gasteiger partial charge on any atom is -0.439 e. The number of nitrogens with zero attached hydrogens (tertiary/aromatic N) is 2. The Morgan fingerprint density at radius 1 is 0.939 bits per heavy atom. The summed E-state index contributed by atoms with van der Waals surface area (Å²) < 4.78 is 14.8. The van der Waals surface area contributed by atoms with Crippen LogP contribution in [0.2, 0.25) is 0 Å². The predicted molar refractivity (Wildman–Crippen MR) is 136 cm³/mol. The normalized spacial score (nSPS) is 16.5. The van der Waals surface area contributed by atoms with Crippen molar-refractivity contribution >= 4 is 22.9 Å². The summed E-state index contributed by atoms with van der Waals surface area (Å²) >= 11 is 0. The first kappa shape index (κ1) is 23.2. The zero-order valence-electron chi connectivity index (χ0n) is 20.5. The summed E-state index contributed by atoms with van der Waals surface area (Å²) in [7, 11) is 0. The van der Waals surface area contributed by atoms with Gasteiger partial charge in [0, 0.05) is 18.5 Å². The molecule has 2 atom stereocenters. The Labute approximate surface area is 198 Å². The Hall–Kier alpha value is -3.01. The van der Waals surface area contributed by atoms with Crippen molar-refractivity contribution in [2.45, 2.75) is 78.3 Å². The van der Waals surface area contributed by atoms with Gasteiger partial charge in [0.2, 0.25) is 11.5 Å². The van der Waals surface area contributed by atoms with Crippen LogP contribution in [0.5, 0.6) is 5.75 Å². The van der Waals surface area contributed by atoms with Gasteiger partial charge in [-0.25, -0.2) is 0 Å². The summed E-state index contributed by atoms with van der Waals surface area (Å²) in [6, 6.07) is 17.3. The molecule has 4 heteroatoms. The molecule has 1 aliphatic rings. The molecule has 1 aliphatic heterocycles. The molecule has 3 aromatic rings. The highest BCUT2D eigenvalue weighted by atomic mass is 16.5. The van der Waals surface area contributed by atoms with Gasteiger partial charge in [0.15, 0.2) is 11.8 Å². The molecular formula is C29H37N2O2+. The van der Waals surface area contributed by atoms with Crippen LogP contribution in [0, 0.1) is 0 Å². The first-order chi connectivity index (χ1) is 16.1. The number of para-hydroxylation sites is 4. The second-order valence-electron chi connectivity index (χ2n) is 9.06. The van der Waals surface area contributed by atoms with Gasteiger partial charge < -0.3 is 14.1 Å². The molecule has 33 heavy (non-hydrogen) atoms. The quantitative estimate of drug-likeness (QED) is 0.298. The molecule has 0 fully saturated rings. The third kappa shape index (κ3) is 5.00. The SMILES string of the molecule is CCCCC(C)N1/C(=C/C=C/c2oc3ccccc3[n+]2C(C)CCCC)Oc2ccccc21. The zero-order valence-corrected chi connectivity index (χ0v) is 20.5. The molecule has 0 spiro atoms. The molecule has 2 unspecified atom stereocenters. The van der Waals surface area contributed by atoms with Crippen LogP contribution in [0.25, 0.3) is 17.2 Å². The molecule has 0 aliphatic carbocycles. The molecule has 0 saturated heterocycles. The second kappa shape index (κ2) is 10.7. The van der Waals surface area contributed by atoms with Crippen molar-refractivity contribution in [3.05, 3.63) is 72.5 Å². The molecule has 4 rings (SSSR count). The maximum atomic E-state index is 6.25. The number of anilines is 1. The van der Waals surface area contributed by atoms with Crippen LogP contribution in [-0.2, 0) is 0 Å². The summed E-state index contributed by atoms with van der Waals surface area (Å²) in [4.78, 5) is 2.33. The van der Waals surface area contributed by atoms with Crippen molar-refractivity contribution in [3.63, 3.8) is 0 Å². The second-order valence-corrected chi connectivity index (χ2v) is 9.06. The smallest absolute Gasteiger partial charge is 0.374 e. The summed E-state index contributed by atoms with van der Waals surface area (Å²) in [6.07, 6.45) is 13.3. The number of benzene rings is 2. The monoisotopic (exact) mass is 445 g/mol. The molecular weight excluding hydrogens is 408 g/mol. The number of hydrogen-bond acceptors (Lipinski definition) is 3. The molecule has 174 valence electrons. The molecule has 0 amide bonds. The first-order valence-electron chi connectivity index (χ1n) is 12.5. The Morgan fingerprint density at radius 2 is 1.67 bits per heavy atom. The topological polar surface area (TPSA) is 29.5 Å². The average Bonchev–Trinajstić information content (AvgIpc) is 3.39. The lowest BCUT2D eigenvalue weighted by Gasteiger charge is -2.26. The van der Waals surface area contributed by atoms with E-state index >= 15 is 0 Å². The number of rotatable bonds is 10. The van der Waals surface area contributed by atoms with Crippen molar-refractivity contribution < 1.29 is 13.7 Å². The van der Waals surface area contributed by atoms with Crippen LogP contribution in [0.4, 0.5) is 5.69 Å². The third-order valence-electron chi connectivity index (χ3n) is 6.46. The Morgan fingerprint density at radius 3 is 2.48 bits per heavy atom. The number of oxazole rings is 1. The van der Waals surface area contributed by atoms with Crippen molar-refractivity contribution in [3.8, 4) is 5.75 Å². The Kier molecular flexibility index (Phi) is 7.54. The van der Waals surface area contributed by atoms with E-state index in [1.807, 2.05) is 24.3 Å². The molecule has 0 radical (unpaired) electrons. The van der Waals surface area contributed by atoms with Crippen LogP contribution in [0.1, 0.15) is 78.2 Å². The molecule has 1 aromatic heterocycles. The summed E-state index contributed by atoms with van der Waals surface area (Å²) in [6.45, 7) is 9.04. The average molecular weight is 446 g/mol. The molecule has 0 saturated carbocycles. The minimum atomic E-state index is 0.374. The Bertz CT molecular complexity index is 1130. The summed E-state index contributed by atoms with van der Waals surface area (Å²) in [5, 5.41) is 0. The van der Waals surface area contributed by atoms with Gasteiger partial charge >= 0.3 is 5.89 Å². The lowest BCUT2D eigenvalue weighted by Crippen LogP contribution is -2.39. The molecule has 0 N–H and O–H groups in total. The first-order valence-corrected chi connectivity index (χ1v) is 12.5. The fourth-order valence-electron chi connectivity index (χ4n) is 4.65. The van der Waals surface area contributed by atoms with E-state index in [9.17, 15) is 0 Å². The van der Waals surface area contributed by atoms with Gasteiger partial charge in [-0.3, -0.25) is 0 Å². The van der Waals surface area contributed by atoms with E-state index in [1.54, 1.807) is 0 Å². The summed E-state index contributed by atoms with van der Waals surface area (Å²) in [5.74, 6) is 2.67. The lowest BCUT2D eigenvalue weighted by atomic mass is 10.1. The van der Waals surface area contributed by atoms with Crippen LogP contribution in [0.15, 0.2) is 71.0 Å². The van der Waals surface area contributed by atoms with Gasteiger partial charge in [0.1, 0.15) is 0 Å². The van der Waals surface area contributed by atoms with Gasteiger partial charge in [0.05, 0.1) is 11.8 Å². The Balaban J connectivity index is 1.64. The van der Waals surface area contributed by atoms with Crippen molar-refractivity contribution in [2.24, 2.45) is 0 Å². The highest BCUT2D eigenvalue weighted by molar-refractivity contribution is 5.70. The molecule has 4 nitrogen and oxygen atoms in total. The fraction of sp³-hybridized carbons (Fsp3) is 0.414. The van der Waals surface area contributed by atoms with E-state index in [-0.39, 0.29) is 0 Å². The maximum Gasteiger partial charge on any atom is 0.374 e. The van der Waals surface area contributed by atoms with E-state index in [2.05, 4.69) is 79.7 Å². The molecule has 0 bridgehead atoms. The van der Waals surface area contributed by atoms with Crippen LogP contribution < -0.4 is 14.2 Å². The molecule has 2 heterocycles. The van der Waals surface area contributed by atoms with E-state index in [4.69, 9.17) is 9.15 Å². The zero-order chi connectivity index (χ0) is 23.2. The third-order valence-corrected chi connectivity index (χ3v) is 6.46. The maximum absolute atomic E-state index is 6.25. The molecule has 2 aromatic carbocycles. The highest BCUT2D eigenvalue weighted by Gasteiger charge is 2.29. The standard InChI is InChI=1S/C29H37N2O2/c1-5-7-14-22(3)30-24-16-9-11-18-26(24)32-28(30)20-13-21-29-31(23(4)15-8-6-2)25-17-10-12-19-27(25)33-29/h9-13,16-23H,5-8,14-15H2,1-4H3/q+1. The number of allylic oxidation sites excluding steroid dienone is 2. The van der Waals surface area contributed by atoms with Gasteiger partial charge in [-0.1, -0.05) is 57.4 Å². The number of hydrogen-bond donors (Lipinski definition) is 0. The van der Waals surface area contributed by atoms with Gasteiger partial charge in [-0.15, -0.1) is 0 Å². The minimum absolute atomic E-state index is 0.374. The van der Waals surface area contributed by atoms with Gasteiger partial charge in [-0.2, -0.15) is 4.57 Å². The lowest BCUT2D eigenvalue weighted by molar-refractivity contribution is -0.702. The van der Waals surface area contributed by atoms with E-state index in [0.29, 0.717) is 12.1 Å². The number of unbranched alkanes of at least 4 members (excludes halogenated alkanes) is 2. The number of aromatic nitrogens is 1. The number of ether oxygens (including phenoxy) is 1.